The Balaban J connectivity index is 1.67. The Bertz CT molecular complexity index is 1240. The normalized spacial score (nSPS) is 23.2. The minimum atomic E-state index is -0.882. The van der Waals surface area contributed by atoms with Crippen LogP contribution in [0, 0.1) is 23.7 Å². The van der Waals surface area contributed by atoms with Crippen LogP contribution in [-0.2, 0) is 9.59 Å². The van der Waals surface area contributed by atoms with E-state index in [1.54, 1.807) is 12.1 Å². The maximum atomic E-state index is 12.9. The lowest BCUT2D eigenvalue weighted by atomic mass is 9.66. The van der Waals surface area contributed by atoms with Crippen LogP contribution < -0.4 is 0 Å². The van der Waals surface area contributed by atoms with Crippen molar-refractivity contribution in [2.75, 3.05) is 13.7 Å². The summed E-state index contributed by atoms with van der Waals surface area (Å²) in [5.41, 5.74) is 4.25. The number of carbonyl (C=O) groups is 2. The van der Waals surface area contributed by atoms with Gasteiger partial charge in [0.05, 0.1) is 24.5 Å². The zero-order chi connectivity index (χ0) is 26.9. The lowest BCUT2D eigenvalue weighted by Crippen LogP contribution is -2.39. The van der Waals surface area contributed by atoms with Crippen LogP contribution in [0.3, 0.4) is 0 Å². The minimum absolute atomic E-state index is 0.0659. The van der Waals surface area contributed by atoms with E-state index in [9.17, 15) is 24.9 Å². The van der Waals surface area contributed by atoms with Gasteiger partial charge >= 0.3 is 0 Å². The zero-order valence-electron chi connectivity index (χ0n) is 21.4. The van der Waals surface area contributed by atoms with E-state index in [2.05, 4.69) is 15.9 Å². The second-order valence-electron chi connectivity index (χ2n) is 10.3. The molecule has 2 aromatic carbocycles. The van der Waals surface area contributed by atoms with Crippen LogP contribution in [0.5, 0.6) is 5.75 Å². The second kappa shape index (κ2) is 11.3. The van der Waals surface area contributed by atoms with Crippen LogP contribution >= 0.6 is 15.9 Å². The first-order valence-corrected chi connectivity index (χ1v) is 13.5. The fraction of sp³-hybridized carbons (Fsp3) is 0.400. The first-order chi connectivity index (χ1) is 17.6. The molecule has 0 saturated carbocycles. The van der Waals surface area contributed by atoms with Crippen LogP contribution in [-0.4, -0.2) is 51.8 Å². The van der Waals surface area contributed by atoms with Gasteiger partial charge in [-0.2, -0.15) is 0 Å². The van der Waals surface area contributed by atoms with Gasteiger partial charge in [-0.15, -0.1) is 0 Å². The molecule has 37 heavy (non-hydrogen) atoms. The molecule has 0 spiro atoms. The first-order valence-electron chi connectivity index (χ1n) is 12.7. The number of phenols is 1. The number of likely N-dealkylation sites (tertiary alicyclic amines) is 1. The largest absolute Gasteiger partial charge is 0.507 e. The monoisotopic (exact) mass is 567 g/mol. The fourth-order valence-electron chi connectivity index (χ4n) is 5.83. The Kier molecular flexibility index (Phi) is 8.36. The molecule has 2 aromatic rings. The van der Waals surface area contributed by atoms with Gasteiger partial charge in [-0.25, -0.2) is 0 Å². The van der Waals surface area contributed by atoms with E-state index in [1.165, 1.54) is 11.9 Å². The van der Waals surface area contributed by atoms with Gasteiger partial charge < -0.3 is 15.3 Å². The predicted molar refractivity (Wildman–Crippen MR) is 147 cm³/mol. The Morgan fingerprint density at radius 1 is 1.14 bits per heavy atom. The van der Waals surface area contributed by atoms with Crippen molar-refractivity contribution in [2.45, 2.75) is 39.2 Å². The topological polar surface area (TPSA) is 98.1 Å². The van der Waals surface area contributed by atoms with Gasteiger partial charge in [0.25, 0.3) is 0 Å². The van der Waals surface area contributed by atoms with E-state index in [0.29, 0.717) is 30.4 Å². The number of phenolic OH excluding ortho intramolecular Hbond substituents is 1. The summed E-state index contributed by atoms with van der Waals surface area (Å²) in [6, 6.07) is 15.1. The van der Waals surface area contributed by atoms with Crippen molar-refractivity contribution in [2.24, 2.45) is 23.7 Å². The summed E-state index contributed by atoms with van der Waals surface area (Å²) in [5, 5.41) is 32.3. The predicted octanol–water partition coefficient (Wildman–Crippen LogP) is 5.03. The molecular weight excluding hydrogens is 534 g/mol. The number of hydrogen-bond acceptors (Lipinski definition) is 5. The molecule has 1 aliphatic heterocycles. The maximum absolute atomic E-state index is 12.9. The number of aliphatic hydroxyl groups is 2. The fourth-order valence-corrected chi connectivity index (χ4v) is 6.21. The van der Waals surface area contributed by atoms with Gasteiger partial charge in [0.1, 0.15) is 5.75 Å². The lowest BCUT2D eigenvalue weighted by molar-refractivity contribution is -0.138. The molecule has 1 heterocycles. The molecule has 3 N–H and O–H groups in total. The van der Waals surface area contributed by atoms with Crippen LogP contribution in [0.2, 0.25) is 0 Å². The highest BCUT2D eigenvalue weighted by molar-refractivity contribution is 9.10. The molecule has 1 saturated heterocycles. The molecule has 0 bridgehead atoms. The third kappa shape index (κ3) is 5.44. The molecular formula is C30H34BrNO5. The molecule has 2 aliphatic rings. The van der Waals surface area contributed by atoms with Crippen molar-refractivity contribution in [3.8, 4) is 5.75 Å². The number of halogens is 1. The number of allylic oxidation sites excluding steroid dienone is 2. The number of carbonyl (C=O) groups excluding carboxylic acids is 2. The minimum Gasteiger partial charge on any atom is -0.507 e. The number of rotatable bonds is 8. The number of amides is 2. The summed E-state index contributed by atoms with van der Waals surface area (Å²) in [7, 11) is 1.50. The molecule has 6 nitrogen and oxygen atoms in total. The van der Waals surface area contributed by atoms with Crippen molar-refractivity contribution in [1.29, 1.82) is 0 Å². The smallest absolute Gasteiger partial charge is 0.233 e. The number of fused-ring (bicyclic) bond motifs is 1. The number of imide groups is 1. The number of aliphatic hydroxyl groups excluding tert-OH is 2. The van der Waals surface area contributed by atoms with Crippen LogP contribution in [0.15, 0.2) is 64.1 Å². The van der Waals surface area contributed by atoms with Gasteiger partial charge in [-0.3, -0.25) is 14.5 Å². The molecule has 4 rings (SSSR count). The molecule has 1 aliphatic carbocycles. The highest BCUT2D eigenvalue weighted by atomic mass is 79.9. The van der Waals surface area contributed by atoms with Gasteiger partial charge in [-0.05, 0) is 66.2 Å². The van der Waals surface area contributed by atoms with E-state index in [4.69, 9.17) is 0 Å². The number of nitrogens with zero attached hydrogens (tertiary/aromatic N) is 1. The van der Waals surface area contributed by atoms with Crippen LogP contribution in [0.25, 0.3) is 11.6 Å². The third-order valence-corrected chi connectivity index (χ3v) is 8.24. The lowest BCUT2D eigenvalue weighted by Gasteiger charge is -2.38. The summed E-state index contributed by atoms with van der Waals surface area (Å²) >= 11 is 3.46. The van der Waals surface area contributed by atoms with Crippen molar-refractivity contribution < 1.29 is 24.9 Å². The number of benzene rings is 2. The molecule has 7 heteroatoms. The first kappa shape index (κ1) is 27.3. The molecule has 4 atom stereocenters. The molecule has 0 radical (unpaired) electrons. The summed E-state index contributed by atoms with van der Waals surface area (Å²) < 4.78 is 0.846. The van der Waals surface area contributed by atoms with Crippen molar-refractivity contribution in [3.05, 3.63) is 75.3 Å². The average Bonchev–Trinajstić information content (AvgIpc) is 3.11. The Hall–Kier alpha value is -2.74. The molecule has 0 unspecified atom stereocenters. The molecule has 196 valence electrons. The van der Waals surface area contributed by atoms with Gasteiger partial charge in [0.15, 0.2) is 0 Å². The van der Waals surface area contributed by atoms with Gasteiger partial charge in [0, 0.05) is 23.0 Å². The van der Waals surface area contributed by atoms with E-state index < -0.39 is 23.9 Å². The Morgan fingerprint density at radius 2 is 1.84 bits per heavy atom. The average molecular weight is 569 g/mol. The van der Waals surface area contributed by atoms with Gasteiger partial charge in [-0.1, -0.05) is 65.7 Å². The quantitative estimate of drug-likeness (QED) is 0.236. The zero-order valence-corrected chi connectivity index (χ0v) is 23.0. The summed E-state index contributed by atoms with van der Waals surface area (Å²) in [6.07, 6.45) is 2.34. The highest BCUT2D eigenvalue weighted by Gasteiger charge is 2.53. The van der Waals surface area contributed by atoms with E-state index in [-0.39, 0.29) is 30.1 Å². The Morgan fingerprint density at radius 3 is 2.49 bits per heavy atom. The van der Waals surface area contributed by atoms with Crippen LogP contribution in [0.1, 0.15) is 44.2 Å². The summed E-state index contributed by atoms with van der Waals surface area (Å²) in [4.78, 5) is 26.9. The third-order valence-electron chi connectivity index (χ3n) is 7.74. The van der Waals surface area contributed by atoms with Crippen LogP contribution in [0.4, 0.5) is 0 Å². The van der Waals surface area contributed by atoms with Crippen molar-refractivity contribution in [1.82, 2.24) is 4.90 Å². The molecule has 0 aromatic heterocycles. The second-order valence-corrected chi connectivity index (χ2v) is 11.2. The summed E-state index contributed by atoms with van der Waals surface area (Å²) in [6.45, 7) is 3.74. The van der Waals surface area contributed by atoms with Crippen molar-refractivity contribution >= 4 is 39.4 Å². The number of aromatic hydroxyl groups is 1. The highest BCUT2D eigenvalue weighted by Crippen LogP contribution is 2.47. The summed E-state index contributed by atoms with van der Waals surface area (Å²) in [5.74, 6) is -1.98. The van der Waals surface area contributed by atoms with Crippen molar-refractivity contribution in [3.63, 3.8) is 0 Å². The van der Waals surface area contributed by atoms with E-state index in [1.807, 2.05) is 56.3 Å². The van der Waals surface area contributed by atoms with Gasteiger partial charge in [0.2, 0.25) is 11.8 Å². The Labute approximate surface area is 226 Å². The molecule has 2 amide bonds. The van der Waals surface area contributed by atoms with E-state index in [0.717, 1.165) is 21.2 Å². The van der Waals surface area contributed by atoms with E-state index >= 15 is 0 Å². The SMILES string of the molecule is CC(C)C1=C([C@H](O)CC/C(=C/c2cc(Br)ccc2O)c2ccccc2)[C@H](CO)[C@@H]2C(=O)N(C)C(=O)[C@@H]2C1. The maximum Gasteiger partial charge on any atom is 0.233 e. The standard InChI is InChI=1S/C30H34BrNO5/c1-17(2)22-15-23-28(30(37)32(3)29(23)36)24(16-33)27(22)26(35)11-9-19(18-7-5-4-6-8-18)13-20-14-21(31)10-12-25(20)34/h4-8,10,12-14,17,23-24,26,28,33-35H,9,11,15-16H2,1-3H3/b19-13-/t23-,24+,26-,28-/m1/s1. The molecule has 1 fully saturated rings. The number of hydrogen-bond donors (Lipinski definition) is 3.